The zero-order valence-corrected chi connectivity index (χ0v) is 14.1. The first-order chi connectivity index (χ1) is 10.5. The minimum Gasteiger partial charge on any atom is -0.338 e. The van der Waals surface area contributed by atoms with Crippen LogP contribution < -0.4 is 0 Å². The fourth-order valence-corrected chi connectivity index (χ4v) is 5.08. The fraction of sp³-hybridized carbons (Fsp3) is 0.643. The van der Waals surface area contributed by atoms with Gasteiger partial charge in [-0.15, -0.1) is 11.3 Å². The summed E-state index contributed by atoms with van der Waals surface area (Å²) in [6.45, 7) is 1.66. The number of thiazole rings is 1. The van der Waals surface area contributed by atoms with Crippen molar-refractivity contribution < 1.29 is 12.9 Å². The number of hydrogen-bond acceptors (Lipinski definition) is 7. The molecule has 1 fully saturated rings. The van der Waals surface area contributed by atoms with Crippen LogP contribution in [0.5, 0.6) is 0 Å². The Morgan fingerprint density at radius 1 is 1.23 bits per heavy atom. The molecule has 2 aromatic heterocycles. The molecule has 0 aliphatic heterocycles. The second kappa shape index (κ2) is 6.45. The number of aromatic nitrogens is 3. The Labute approximate surface area is 133 Å². The maximum absolute atomic E-state index is 12.2. The van der Waals surface area contributed by atoms with E-state index >= 15 is 0 Å². The molecule has 0 atom stereocenters. The van der Waals surface area contributed by atoms with Crippen LogP contribution in [0.3, 0.4) is 0 Å². The lowest BCUT2D eigenvalue weighted by Crippen LogP contribution is -2.09. The molecule has 0 spiro atoms. The van der Waals surface area contributed by atoms with Crippen molar-refractivity contribution >= 4 is 21.2 Å². The van der Waals surface area contributed by atoms with Gasteiger partial charge in [-0.25, -0.2) is 13.4 Å². The molecule has 0 aromatic carbocycles. The van der Waals surface area contributed by atoms with E-state index in [1.54, 1.807) is 18.3 Å². The van der Waals surface area contributed by atoms with Gasteiger partial charge in [0.2, 0.25) is 5.89 Å². The van der Waals surface area contributed by atoms with Gasteiger partial charge in [-0.05, 0) is 19.8 Å². The van der Waals surface area contributed by atoms with Crippen LogP contribution in [0, 0.1) is 6.92 Å². The summed E-state index contributed by atoms with van der Waals surface area (Å²) < 4.78 is 29.3. The Kier molecular flexibility index (Phi) is 4.58. The highest BCUT2D eigenvalue weighted by Gasteiger charge is 2.22. The number of hydrogen-bond donors (Lipinski definition) is 0. The largest absolute Gasteiger partial charge is 0.338 e. The third kappa shape index (κ3) is 3.92. The van der Waals surface area contributed by atoms with Gasteiger partial charge in [0.05, 0.1) is 16.5 Å². The minimum atomic E-state index is -3.34. The molecule has 22 heavy (non-hydrogen) atoms. The molecule has 1 saturated carbocycles. The average Bonchev–Trinajstić information content (AvgIpc) is 3.08. The van der Waals surface area contributed by atoms with Gasteiger partial charge in [0.1, 0.15) is 5.75 Å². The van der Waals surface area contributed by atoms with Crippen LogP contribution >= 0.6 is 11.3 Å². The van der Waals surface area contributed by atoms with Crippen LogP contribution in [0.2, 0.25) is 0 Å². The van der Waals surface area contributed by atoms with Crippen molar-refractivity contribution in [3.8, 4) is 0 Å². The van der Waals surface area contributed by atoms with Gasteiger partial charge in [0.15, 0.2) is 15.7 Å². The lowest BCUT2D eigenvalue weighted by atomic mass is 9.90. The first kappa shape index (κ1) is 15.6. The van der Waals surface area contributed by atoms with Crippen LogP contribution in [-0.2, 0) is 21.3 Å². The second-order valence-corrected chi connectivity index (χ2v) is 8.73. The Morgan fingerprint density at radius 3 is 2.68 bits per heavy atom. The lowest BCUT2D eigenvalue weighted by Gasteiger charge is -2.18. The molecule has 3 rings (SSSR count). The normalized spacial score (nSPS) is 17.0. The molecule has 0 radical (unpaired) electrons. The van der Waals surface area contributed by atoms with Gasteiger partial charge in [0, 0.05) is 11.3 Å². The maximum atomic E-state index is 12.2. The van der Waals surface area contributed by atoms with Gasteiger partial charge in [-0.3, -0.25) is 0 Å². The first-order valence-electron chi connectivity index (χ1n) is 7.46. The molecule has 0 N–H and O–H groups in total. The van der Waals surface area contributed by atoms with Crippen molar-refractivity contribution in [2.45, 2.75) is 56.5 Å². The maximum Gasteiger partial charge on any atom is 0.241 e. The topological polar surface area (TPSA) is 86.0 Å². The van der Waals surface area contributed by atoms with E-state index in [9.17, 15) is 8.42 Å². The first-order valence-corrected chi connectivity index (χ1v) is 10.2. The quantitative estimate of drug-likeness (QED) is 0.831. The van der Waals surface area contributed by atoms with Crippen molar-refractivity contribution in [1.82, 2.24) is 15.1 Å². The van der Waals surface area contributed by atoms with Crippen LogP contribution in [0.1, 0.15) is 60.4 Å². The van der Waals surface area contributed by atoms with Gasteiger partial charge in [-0.2, -0.15) is 4.98 Å². The molecule has 6 nitrogen and oxygen atoms in total. The lowest BCUT2D eigenvalue weighted by molar-refractivity contribution is 0.384. The summed E-state index contributed by atoms with van der Waals surface area (Å²) in [6, 6.07) is 0. The second-order valence-electron chi connectivity index (χ2n) is 5.78. The Balaban J connectivity index is 1.66. The average molecular weight is 341 g/mol. The zero-order chi connectivity index (χ0) is 15.6. The predicted octanol–water partition coefficient (Wildman–Crippen LogP) is 3.00. The monoisotopic (exact) mass is 341 g/mol. The number of rotatable bonds is 5. The molecule has 1 aliphatic rings. The summed E-state index contributed by atoms with van der Waals surface area (Å²) in [4.78, 5) is 8.48. The van der Waals surface area contributed by atoms with Crippen molar-refractivity contribution in [2.75, 3.05) is 0 Å². The molecule has 0 amide bonds. The summed E-state index contributed by atoms with van der Waals surface area (Å²) in [6.07, 6.45) is 6.12. The van der Waals surface area contributed by atoms with E-state index in [1.165, 1.54) is 32.1 Å². The van der Waals surface area contributed by atoms with Crippen LogP contribution in [0.4, 0.5) is 0 Å². The van der Waals surface area contributed by atoms with Crippen LogP contribution in [-0.4, -0.2) is 23.5 Å². The Hall–Kier alpha value is -1.28. The van der Waals surface area contributed by atoms with Crippen molar-refractivity contribution in [3.63, 3.8) is 0 Å². The smallest absolute Gasteiger partial charge is 0.241 e. The number of aryl methyl sites for hydroxylation is 1. The van der Waals surface area contributed by atoms with E-state index in [0.29, 0.717) is 17.4 Å². The summed E-state index contributed by atoms with van der Waals surface area (Å²) in [5, 5.41) is 6.55. The van der Waals surface area contributed by atoms with E-state index in [0.717, 1.165) is 5.01 Å². The van der Waals surface area contributed by atoms with Crippen molar-refractivity contribution in [1.29, 1.82) is 0 Å². The van der Waals surface area contributed by atoms with Gasteiger partial charge in [0.25, 0.3) is 0 Å². The van der Waals surface area contributed by atoms with Crippen LogP contribution in [0.15, 0.2) is 9.90 Å². The summed E-state index contributed by atoms with van der Waals surface area (Å²) >= 11 is 1.58. The minimum absolute atomic E-state index is 0.0718. The third-order valence-electron chi connectivity index (χ3n) is 3.80. The molecule has 0 saturated heterocycles. The van der Waals surface area contributed by atoms with Gasteiger partial charge < -0.3 is 4.52 Å². The van der Waals surface area contributed by atoms with Gasteiger partial charge >= 0.3 is 0 Å². The molecule has 0 unspecified atom stereocenters. The summed E-state index contributed by atoms with van der Waals surface area (Å²) in [5.74, 6) is 0.786. The molecule has 1 aliphatic carbocycles. The zero-order valence-electron chi connectivity index (χ0n) is 12.5. The molecular weight excluding hydrogens is 322 g/mol. The Bertz CT molecular complexity index is 730. The van der Waals surface area contributed by atoms with E-state index in [2.05, 4.69) is 15.1 Å². The van der Waals surface area contributed by atoms with E-state index in [1.807, 2.05) is 5.38 Å². The highest BCUT2D eigenvalue weighted by molar-refractivity contribution is 7.89. The summed E-state index contributed by atoms with van der Waals surface area (Å²) in [5.41, 5.74) is 0.627. The van der Waals surface area contributed by atoms with Gasteiger partial charge in [-0.1, -0.05) is 24.4 Å². The molecule has 2 heterocycles. The van der Waals surface area contributed by atoms with Crippen molar-refractivity contribution in [2.24, 2.45) is 0 Å². The SMILES string of the molecule is Cc1noc(CS(=O)(=O)Cc2csc(C3CCCCC3)n2)n1. The highest BCUT2D eigenvalue weighted by Crippen LogP contribution is 2.34. The fourth-order valence-electron chi connectivity index (χ4n) is 2.79. The number of nitrogens with zero attached hydrogens (tertiary/aromatic N) is 3. The molecule has 8 heteroatoms. The number of sulfone groups is 1. The predicted molar refractivity (Wildman–Crippen MR) is 83.3 cm³/mol. The van der Waals surface area contributed by atoms with E-state index in [-0.39, 0.29) is 17.4 Å². The standard InChI is InChI=1S/C14H19N3O3S2/c1-10-15-13(20-17-10)9-22(18,19)8-12-7-21-14(16-12)11-5-3-2-4-6-11/h7,11H,2-6,8-9H2,1H3. The molecular formula is C14H19N3O3S2. The van der Waals surface area contributed by atoms with Crippen molar-refractivity contribution in [3.05, 3.63) is 27.8 Å². The summed E-state index contributed by atoms with van der Waals surface area (Å²) in [7, 11) is -3.34. The van der Waals surface area contributed by atoms with Crippen LogP contribution in [0.25, 0.3) is 0 Å². The Morgan fingerprint density at radius 2 is 2.00 bits per heavy atom. The molecule has 0 bridgehead atoms. The molecule has 120 valence electrons. The highest BCUT2D eigenvalue weighted by atomic mass is 32.2. The van der Waals surface area contributed by atoms with E-state index < -0.39 is 9.84 Å². The van der Waals surface area contributed by atoms with E-state index in [4.69, 9.17) is 4.52 Å². The third-order valence-corrected chi connectivity index (χ3v) is 6.28. The molecule has 2 aromatic rings.